The van der Waals surface area contributed by atoms with Crippen LogP contribution in [0.5, 0.6) is 0 Å². The average Bonchev–Trinajstić information content (AvgIpc) is 3.23. The molecule has 9 heteroatoms. The minimum atomic E-state index is -3.49. The molecule has 0 aliphatic carbocycles. The number of guanidine groups is 1. The van der Waals surface area contributed by atoms with Gasteiger partial charge >= 0.3 is 0 Å². The Balaban J connectivity index is 1.56. The van der Waals surface area contributed by atoms with Gasteiger partial charge < -0.3 is 15.2 Å². The normalized spacial score (nSPS) is 12.0. The first-order chi connectivity index (χ1) is 14.5. The molecule has 2 aromatic carbocycles. The Labute approximate surface area is 176 Å². The van der Waals surface area contributed by atoms with Crippen LogP contribution < -0.4 is 15.4 Å². The first-order valence-corrected chi connectivity index (χ1v) is 11.2. The highest BCUT2D eigenvalue weighted by atomic mass is 32.2. The zero-order chi connectivity index (χ0) is 21.2. The molecule has 3 aromatic rings. The maximum absolute atomic E-state index is 12.1. The third kappa shape index (κ3) is 7.34. The largest absolute Gasteiger partial charge is 0.364 e. The Morgan fingerprint density at radius 1 is 1.03 bits per heavy atom. The SMILES string of the molecule is Cc1ccc(CN=C(NCCNS(=O)(=O)Cc2ccon2)Nc2ccccc2)cc1. The van der Waals surface area contributed by atoms with Gasteiger partial charge in [0.25, 0.3) is 0 Å². The highest BCUT2D eigenvalue weighted by Crippen LogP contribution is 2.07. The number of sulfonamides is 1. The third-order valence-corrected chi connectivity index (χ3v) is 5.47. The van der Waals surface area contributed by atoms with Crippen LogP contribution in [0.3, 0.4) is 0 Å². The molecule has 1 aromatic heterocycles. The van der Waals surface area contributed by atoms with E-state index in [0.29, 0.717) is 24.7 Å². The predicted molar refractivity (Wildman–Crippen MR) is 118 cm³/mol. The van der Waals surface area contributed by atoms with Gasteiger partial charge in [-0.05, 0) is 24.6 Å². The van der Waals surface area contributed by atoms with Crippen molar-refractivity contribution in [3.05, 3.63) is 83.7 Å². The quantitative estimate of drug-likeness (QED) is 0.275. The summed E-state index contributed by atoms with van der Waals surface area (Å²) in [6, 6.07) is 19.4. The molecule has 3 N–H and O–H groups in total. The van der Waals surface area contributed by atoms with Crippen LogP contribution >= 0.6 is 0 Å². The number of rotatable bonds is 9. The van der Waals surface area contributed by atoms with Crippen molar-refractivity contribution in [3.63, 3.8) is 0 Å². The number of anilines is 1. The fraction of sp³-hybridized carbons (Fsp3) is 0.238. The Bertz CT molecular complexity index is 1030. The number of nitrogens with zero attached hydrogens (tertiary/aromatic N) is 2. The van der Waals surface area contributed by atoms with E-state index in [9.17, 15) is 8.42 Å². The summed E-state index contributed by atoms with van der Waals surface area (Å²) in [7, 11) is -3.49. The van der Waals surface area contributed by atoms with Gasteiger partial charge in [0.05, 0.1) is 12.2 Å². The lowest BCUT2D eigenvalue weighted by atomic mass is 10.1. The number of nitrogens with one attached hydrogen (secondary N) is 3. The van der Waals surface area contributed by atoms with Crippen molar-refractivity contribution in [2.75, 3.05) is 18.4 Å². The van der Waals surface area contributed by atoms with Crippen molar-refractivity contribution >= 4 is 21.7 Å². The lowest BCUT2D eigenvalue weighted by Crippen LogP contribution is -2.38. The van der Waals surface area contributed by atoms with Crippen LogP contribution in [-0.4, -0.2) is 32.6 Å². The zero-order valence-corrected chi connectivity index (χ0v) is 17.5. The smallest absolute Gasteiger partial charge is 0.217 e. The van der Waals surface area contributed by atoms with E-state index in [0.717, 1.165) is 11.3 Å². The van der Waals surface area contributed by atoms with Gasteiger partial charge in [-0.3, -0.25) is 0 Å². The Hall–Kier alpha value is -3.17. The van der Waals surface area contributed by atoms with Crippen molar-refractivity contribution in [1.82, 2.24) is 15.2 Å². The summed E-state index contributed by atoms with van der Waals surface area (Å²) in [6.07, 6.45) is 1.35. The van der Waals surface area contributed by atoms with E-state index in [-0.39, 0.29) is 12.3 Å². The molecule has 0 aliphatic heterocycles. The highest BCUT2D eigenvalue weighted by Gasteiger charge is 2.13. The van der Waals surface area contributed by atoms with Gasteiger partial charge in [-0.15, -0.1) is 0 Å². The van der Waals surface area contributed by atoms with Gasteiger partial charge in [0.1, 0.15) is 12.0 Å². The molecule has 0 fully saturated rings. The van der Waals surface area contributed by atoms with Crippen molar-refractivity contribution in [2.24, 2.45) is 4.99 Å². The van der Waals surface area contributed by atoms with Gasteiger partial charge in [-0.1, -0.05) is 53.2 Å². The molecule has 0 atom stereocenters. The van der Waals surface area contributed by atoms with E-state index in [2.05, 4.69) is 30.0 Å². The lowest BCUT2D eigenvalue weighted by molar-refractivity contribution is 0.413. The van der Waals surface area contributed by atoms with Gasteiger partial charge in [0.15, 0.2) is 5.96 Å². The molecule has 3 rings (SSSR count). The predicted octanol–water partition coefficient (Wildman–Crippen LogP) is 2.66. The number of para-hydroxylation sites is 1. The summed E-state index contributed by atoms with van der Waals surface area (Å²) in [5, 5.41) is 10.0. The molecule has 0 radical (unpaired) electrons. The summed E-state index contributed by atoms with van der Waals surface area (Å²) in [5.41, 5.74) is 3.53. The highest BCUT2D eigenvalue weighted by molar-refractivity contribution is 7.88. The lowest BCUT2D eigenvalue weighted by Gasteiger charge is -2.13. The number of hydrogen-bond donors (Lipinski definition) is 3. The Kier molecular flexibility index (Phi) is 7.58. The van der Waals surface area contributed by atoms with E-state index >= 15 is 0 Å². The standard InChI is InChI=1S/C21H25N5O3S/c1-17-7-9-18(10-8-17)15-23-21(25-19-5-3-2-4-6-19)22-12-13-24-30(27,28)16-20-11-14-29-26-20/h2-11,14,24H,12-13,15-16H2,1H3,(H2,22,23,25). The molecule has 0 saturated carbocycles. The molecular weight excluding hydrogens is 402 g/mol. The zero-order valence-electron chi connectivity index (χ0n) is 16.7. The van der Waals surface area contributed by atoms with E-state index in [4.69, 9.17) is 0 Å². The van der Waals surface area contributed by atoms with Gasteiger partial charge in [0.2, 0.25) is 10.0 Å². The molecule has 8 nitrogen and oxygen atoms in total. The fourth-order valence-corrected chi connectivity index (χ4v) is 3.66. The number of aryl methyl sites for hydroxylation is 1. The molecule has 0 spiro atoms. The number of benzene rings is 2. The van der Waals surface area contributed by atoms with Crippen LogP contribution in [0.4, 0.5) is 5.69 Å². The maximum Gasteiger partial charge on any atom is 0.217 e. The molecule has 0 bridgehead atoms. The maximum atomic E-state index is 12.1. The average molecular weight is 428 g/mol. The van der Waals surface area contributed by atoms with Crippen LogP contribution in [0, 0.1) is 6.92 Å². The van der Waals surface area contributed by atoms with E-state index in [1.165, 1.54) is 17.9 Å². The van der Waals surface area contributed by atoms with Crippen LogP contribution in [0.25, 0.3) is 0 Å². The Morgan fingerprint density at radius 2 is 1.80 bits per heavy atom. The van der Waals surface area contributed by atoms with Crippen molar-refractivity contribution in [3.8, 4) is 0 Å². The summed E-state index contributed by atoms with van der Waals surface area (Å²) >= 11 is 0. The van der Waals surface area contributed by atoms with Crippen LogP contribution in [0.2, 0.25) is 0 Å². The third-order valence-electron chi connectivity index (χ3n) is 4.15. The second kappa shape index (κ2) is 10.6. The van der Waals surface area contributed by atoms with Gasteiger partial charge in [0, 0.05) is 24.8 Å². The van der Waals surface area contributed by atoms with Crippen LogP contribution in [0.1, 0.15) is 16.8 Å². The van der Waals surface area contributed by atoms with Crippen LogP contribution in [0.15, 0.2) is 76.4 Å². The summed E-state index contributed by atoms with van der Waals surface area (Å²) in [4.78, 5) is 4.61. The molecule has 158 valence electrons. The first-order valence-electron chi connectivity index (χ1n) is 9.53. The monoisotopic (exact) mass is 427 g/mol. The molecule has 30 heavy (non-hydrogen) atoms. The minimum absolute atomic E-state index is 0.209. The van der Waals surface area contributed by atoms with Crippen molar-refractivity contribution in [2.45, 2.75) is 19.2 Å². The van der Waals surface area contributed by atoms with Gasteiger partial charge in [-0.25, -0.2) is 18.1 Å². The molecule has 0 saturated heterocycles. The van der Waals surface area contributed by atoms with Gasteiger partial charge in [-0.2, -0.15) is 0 Å². The summed E-state index contributed by atoms with van der Waals surface area (Å²) < 4.78 is 31.4. The number of aliphatic imine (C=N–C) groups is 1. The van der Waals surface area contributed by atoms with E-state index < -0.39 is 10.0 Å². The first kappa shape index (κ1) is 21.5. The number of aromatic nitrogens is 1. The molecular formula is C21H25N5O3S. The van der Waals surface area contributed by atoms with E-state index in [1.54, 1.807) is 0 Å². The topological polar surface area (TPSA) is 109 Å². The van der Waals surface area contributed by atoms with E-state index in [1.807, 2.05) is 61.5 Å². The molecule has 1 heterocycles. The van der Waals surface area contributed by atoms with Crippen molar-refractivity contribution in [1.29, 1.82) is 0 Å². The molecule has 0 aliphatic rings. The second-order valence-electron chi connectivity index (χ2n) is 6.71. The summed E-state index contributed by atoms with van der Waals surface area (Å²) in [5.74, 6) is 0.345. The number of hydrogen-bond acceptors (Lipinski definition) is 5. The molecule has 0 unspecified atom stereocenters. The molecule has 0 amide bonds. The van der Waals surface area contributed by atoms with Crippen molar-refractivity contribution < 1.29 is 12.9 Å². The Morgan fingerprint density at radius 3 is 2.50 bits per heavy atom. The second-order valence-corrected chi connectivity index (χ2v) is 8.52. The minimum Gasteiger partial charge on any atom is -0.364 e. The van der Waals surface area contributed by atoms with Crippen LogP contribution in [-0.2, 0) is 22.3 Å². The fourth-order valence-electron chi connectivity index (χ4n) is 2.61. The summed E-state index contributed by atoms with van der Waals surface area (Å²) in [6.45, 7) is 3.12.